The van der Waals surface area contributed by atoms with E-state index >= 15 is 0 Å². The molecule has 3 aromatic rings. The molecule has 2 aromatic carbocycles. The van der Waals surface area contributed by atoms with Gasteiger partial charge >= 0.3 is 5.76 Å². The molecule has 1 amide bonds. The monoisotopic (exact) mass is 469 g/mol. The van der Waals surface area contributed by atoms with Gasteiger partial charge in [0, 0.05) is 31.4 Å². The zero-order chi connectivity index (χ0) is 23.3. The Balaban J connectivity index is 1.43. The lowest BCUT2D eigenvalue weighted by Crippen LogP contribution is -2.42. The van der Waals surface area contributed by atoms with Crippen LogP contribution >= 0.6 is 0 Å². The second-order valence-electron chi connectivity index (χ2n) is 9.28. The minimum atomic E-state index is -3.71. The molecule has 1 aromatic heterocycles. The fraction of sp³-hybridized carbons (Fsp3) is 0.417. The molecule has 174 valence electrons. The lowest BCUT2D eigenvalue weighted by molar-refractivity contribution is -0.119. The molecule has 2 aliphatic heterocycles. The zero-order valence-electron chi connectivity index (χ0n) is 18.7. The van der Waals surface area contributed by atoms with Crippen LogP contribution in [-0.4, -0.2) is 42.8 Å². The highest BCUT2D eigenvalue weighted by atomic mass is 32.2. The van der Waals surface area contributed by atoms with E-state index in [1.54, 1.807) is 11.0 Å². The van der Waals surface area contributed by atoms with Crippen molar-refractivity contribution in [3.8, 4) is 0 Å². The van der Waals surface area contributed by atoms with Gasteiger partial charge < -0.3 is 9.32 Å². The molecule has 1 fully saturated rings. The number of oxazole rings is 1. The van der Waals surface area contributed by atoms with E-state index in [0.717, 1.165) is 24.1 Å². The molecule has 5 rings (SSSR count). The summed E-state index contributed by atoms with van der Waals surface area (Å²) >= 11 is 0. The average molecular weight is 470 g/mol. The predicted molar refractivity (Wildman–Crippen MR) is 125 cm³/mol. The number of sulfonamides is 1. The molecule has 0 bridgehead atoms. The summed E-state index contributed by atoms with van der Waals surface area (Å²) in [7, 11) is -3.71. The Kier molecular flexibility index (Phi) is 5.41. The second kappa shape index (κ2) is 8.14. The summed E-state index contributed by atoms with van der Waals surface area (Å²) in [5.74, 6) is -0.320. The first kappa shape index (κ1) is 21.9. The number of benzene rings is 2. The number of amides is 1. The van der Waals surface area contributed by atoms with Crippen LogP contribution < -0.4 is 10.7 Å². The number of hydrogen-bond donors (Lipinski definition) is 0. The minimum absolute atomic E-state index is 0.0944. The molecule has 2 aliphatic rings. The van der Waals surface area contributed by atoms with E-state index in [2.05, 4.69) is 13.8 Å². The number of hydrogen-bond acceptors (Lipinski definition) is 5. The third-order valence-corrected chi connectivity index (χ3v) is 8.42. The fourth-order valence-corrected chi connectivity index (χ4v) is 6.82. The summed E-state index contributed by atoms with van der Waals surface area (Å²) in [5.41, 5.74) is 2.53. The molecule has 0 radical (unpaired) electrons. The molecule has 1 saturated heterocycles. The number of fused-ring (bicyclic) bond motifs is 2. The molecular formula is C24H27N3O5S. The average Bonchev–Trinajstić information content (AvgIpc) is 3.33. The molecule has 0 spiro atoms. The number of para-hydroxylation sites is 1. The Morgan fingerprint density at radius 1 is 1.09 bits per heavy atom. The van der Waals surface area contributed by atoms with Crippen molar-refractivity contribution in [2.24, 2.45) is 11.8 Å². The third-order valence-electron chi connectivity index (χ3n) is 6.59. The van der Waals surface area contributed by atoms with E-state index in [4.69, 9.17) is 4.42 Å². The van der Waals surface area contributed by atoms with Crippen molar-refractivity contribution >= 4 is 32.7 Å². The first-order valence-corrected chi connectivity index (χ1v) is 12.7. The van der Waals surface area contributed by atoms with Gasteiger partial charge in [-0.25, -0.2) is 13.2 Å². The zero-order valence-corrected chi connectivity index (χ0v) is 19.5. The van der Waals surface area contributed by atoms with Crippen LogP contribution in [0.15, 0.2) is 56.6 Å². The van der Waals surface area contributed by atoms with Gasteiger partial charge in [0.1, 0.15) is 6.54 Å². The smallest absolute Gasteiger partial charge is 0.408 e. The van der Waals surface area contributed by atoms with Crippen LogP contribution in [0.2, 0.25) is 0 Å². The quantitative estimate of drug-likeness (QED) is 0.586. The SMILES string of the molecule is CC1CC(C)CN(S(=O)(=O)c2ccc3c(c2)oc(=O)n3CC(=O)N2CCc3ccccc32)C1. The normalized spacial score (nSPS) is 21.5. The van der Waals surface area contributed by atoms with Crippen molar-refractivity contribution in [3.05, 3.63) is 58.6 Å². The van der Waals surface area contributed by atoms with Gasteiger partial charge in [0.2, 0.25) is 15.9 Å². The standard InChI is InChI=1S/C24H27N3O5S/c1-16-11-17(2)14-25(13-16)33(30,31)19-7-8-21-22(12-19)32-24(29)27(21)15-23(28)26-10-9-18-5-3-4-6-20(18)26/h3-8,12,16-17H,9-11,13-15H2,1-2H3. The first-order chi connectivity index (χ1) is 15.7. The van der Waals surface area contributed by atoms with Gasteiger partial charge in [-0.2, -0.15) is 4.31 Å². The van der Waals surface area contributed by atoms with E-state index < -0.39 is 15.8 Å². The van der Waals surface area contributed by atoms with Gasteiger partial charge in [0.25, 0.3) is 0 Å². The van der Waals surface area contributed by atoms with Crippen LogP contribution in [0.4, 0.5) is 5.69 Å². The van der Waals surface area contributed by atoms with Crippen LogP contribution in [0.3, 0.4) is 0 Å². The van der Waals surface area contributed by atoms with Crippen molar-refractivity contribution in [3.63, 3.8) is 0 Å². The van der Waals surface area contributed by atoms with Gasteiger partial charge in [0.05, 0.1) is 10.4 Å². The Bertz CT molecular complexity index is 1380. The summed E-state index contributed by atoms with van der Waals surface area (Å²) in [6, 6.07) is 12.1. The van der Waals surface area contributed by atoms with Crippen LogP contribution in [0.1, 0.15) is 25.8 Å². The maximum atomic E-state index is 13.2. The molecule has 0 N–H and O–H groups in total. The molecule has 9 heteroatoms. The van der Waals surface area contributed by atoms with Gasteiger partial charge in [-0.1, -0.05) is 32.0 Å². The van der Waals surface area contributed by atoms with Gasteiger partial charge in [-0.05, 0) is 48.4 Å². The van der Waals surface area contributed by atoms with Crippen LogP contribution in [0.25, 0.3) is 11.1 Å². The lowest BCUT2D eigenvalue weighted by atomic mass is 9.94. The van der Waals surface area contributed by atoms with Gasteiger partial charge in [-0.3, -0.25) is 9.36 Å². The maximum Gasteiger partial charge on any atom is 0.420 e. The van der Waals surface area contributed by atoms with Crippen molar-refractivity contribution in [2.75, 3.05) is 24.5 Å². The highest BCUT2D eigenvalue weighted by molar-refractivity contribution is 7.89. The molecule has 33 heavy (non-hydrogen) atoms. The van der Waals surface area contributed by atoms with E-state index in [0.29, 0.717) is 25.2 Å². The highest BCUT2D eigenvalue weighted by Crippen LogP contribution is 2.29. The predicted octanol–water partition coefficient (Wildman–Crippen LogP) is 2.85. The van der Waals surface area contributed by atoms with Crippen molar-refractivity contribution in [2.45, 2.75) is 38.1 Å². The van der Waals surface area contributed by atoms with Gasteiger partial charge in [0.15, 0.2) is 5.58 Å². The molecule has 8 nitrogen and oxygen atoms in total. The molecule has 2 atom stereocenters. The lowest BCUT2D eigenvalue weighted by Gasteiger charge is -2.34. The molecule has 3 heterocycles. The Morgan fingerprint density at radius 3 is 2.58 bits per heavy atom. The summed E-state index contributed by atoms with van der Waals surface area (Å²) in [5, 5.41) is 0. The van der Waals surface area contributed by atoms with Crippen LogP contribution in [0.5, 0.6) is 0 Å². The number of anilines is 1. The number of nitrogens with zero attached hydrogens (tertiary/aromatic N) is 3. The topological polar surface area (TPSA) is 92.8 Å². The molecular weight excluding hydrogens is 442 g/mol. The second-order valence-corrected chi connectivity index (χ2v) is 11.2. The molecule has 2 unspecified atom stereocenters. The van der Waals surface area contributed by atoms with Crippen molar-refractivity contribution in [1.82, 2.24) is 8.87 Å². The van der Waals surface area contributed by atoms with E-state index in [1.165, 1.54) is 21.0 Å². The van der Waals surface area contributed by atoms with Crippen molar-refractivity contribution in [1.29, 1.82) is 0 Å². The Labute approximate surface area is 192 Å². The number of carbonyl (C=O) groups is 1. The summed E-state index contributed by atoms with van der Waals surface area (Å²) < 4.78 is 34.6. The summed E-state index contributed by atoms with van der Waals surface area (Å²) in [4.78, 5) is 27.3. The number of rotatable bonds is 4. The largest absolute Gasteiger partial charge is 0.420 e. The van der Waals surface area contributed by atoms with Crippen LogP contribution in [-0.2, 0) is 27.8 Å². The number of aromatic nitrogens is 1. The summed E-state index contributed by atoms with van der Waals surface area (Å²) in [6.07, 6.45) is 1.77. The van der Waals surface area contributed by atoms with E-state index in [9.17, 15) is 18.0 Å². The molecule has 0 saturated carbocycles. The first-order valence-electron chi connectivity index (χ1n) is 11.3. The third kappa shape index (κ3) is 3.89. The number of carbonyl (C=O) groups excluding carboxylic acids is 1. The Hall–Kier alpha value is -2.91. The van der Waals surface area contributed by atoms with E-state index in [1.807, 2.05) is 24.3 Å². The number of piperidine rings is 1. The minimum Gasteiger partial charge on any atom is -0.408 e. The fourth-order valence-electron chi connectivity index (χ4n) is 5.13. The van der Waals surface area contributed by atoms with Gasteiger partial charge in [-0.15, -0.1) is 0 Å². The maximum absolute atomic E-state index is 13.2. The highest BCUT2D eigenvalue weighted by Gasteiger charge is 2.32. The van der Waals surface area contributed by atoms with Crippen molar-refractivity contribution < 1.29 is 17.6 Å². The van der Waals surface area contributed by atoms with Crippen LogP contribution in [0, 0.1) is 11.8 Å². The molecule has 0 aliphatic carbocycles. The Morgan fingerprint density at radius 2 is 1.82 bits per heavy atom. The summed E-state index contributed by atoms with van der Waals surface area (Å²) in [6.45, 7) is 5.45. The van der Waals surface area contributed by atoms with E-state index in [-0.39, 0.29) is 34.8 Å².